The van der Waals surface area contributed by atoms with Gasteiger partial charge in [-0.1, -0.05) is 147 Å². The number of hydrogen-bond donors (Lipinski definition) is 0. The summed E-state index contributed by atoms with van der Waals surface area (Å²) in [5, 5.41) is 0. The Kier molecular flexibility index (Phi) is 23.6. The standard InChI is InChI=1S/C40H60N2.Ni/c1-5-9-12-14-16-18-20-22-24-35-27-31-37(32-28-35)41-39(8-4)40(26-11-7-3)42-38-33-29-36(30-34-38)25-23-21-19-17-15-13-10-6-2;/h22-25,27-34H,5-21,26H2,1-4H3;. The van der Waals surface area contributed by atoms with Crippen molar-refractivity contribution >= 4 is 35.0 Å². The molecule has 0 atom stereocenters. The van der Waals surface area contributed by atoms with E-state index >= 15 is 0 Å². The summed E-state index contributed by atoms with van der Waals surface area (Å²) in [6.45, 7) is 8.98. The molecule has 0 aliphatic heterocycles. The number of benzene rings is 2. The molecule has 2 aromatic carbocycles. The number of unbranched alkanes of at least 4 members (excludes halogenated alkanes) is 13. The van der Waals surface area contributed by atoms with E-state index in [-0.39, 0.29) is 16.5 Å². The Bertz CT molecular complexity index is 1060. The van der Waals surface area contributed by atoms with Crippen molar-refractivity contribution in [1.29, 1.82) is 0 Å². The molecule has 0 fully saturated rings. The Morgan fingerprint density at radius 3 is 1.30 bits per heavy atom. The SMILES string of the molecule is CCCCCCCCC=Cc1ccc(N=C(CC)C(CCCC)=Nc2ccc(C=CCCCCCCCC)cc2)cc1.[Ni]. The summed E-state index contributed by atoms with van der Waals surface area (Å²) in [5.74, 6) is 0. The molecular formula is C40H60N2Ni. The molecule has 0 aliphatic rings. The molecule has 0 saturated heterocycles. The van der Waals surface area contributed by atoms with Crippen molar-refractivity contribution in [3.8, 4) is 0 Å². The van der Waals surface area contributed by atoms with E-state index in [2.05, 4.69) is 101 Å². The maximum absolute atomic E-state index is 5.10. The molecule has 2 nitrogen and oxygen atoms in total. The molecule has 0 bridgehead atoms. The quantitative estimate of drug-likeness (QED) is 0.0665. The van der Waals surface area contributed by atoms with Gasteiger partial charge in [0.15, 0.2) is 0 Å². The predicted molar refractivity (Wildman–Crippen MR) is 191 cm³/mol. The Morgan fingerprint density at radius 2 is 0.884 bits per heavy atom. The Balaban J connectivity index is 0.00000924. The summed E-state index contributed by atoms with van der Waals surface area (Å²) in [7, 11) is 0. The molecule has 0 aliphatic carbocycles. The molecule has 0 unspecified atom stereocenters. The van der Waals surface area contributed by atoms with Crippen LogP contribution in [0.4, 0.5) is 11.4 Å². The van der Waals surface area contributed by atoms with Crippen molar-refractivity contribution in [3.05, 3.63) is 71.8 Å². The summed E-state index contributed by atoms with van der Waals surface area (Å²) in [4.78, 5) is 10.2. The Hall–Kier alpha value is -2.25. The van der Waals surface area contributed by atoms with E-state index in [9.17, 15) is 0 Å². The van der Waals surface area contributed by atoms with Crippen molar-refractivity contribution < 1.29 is 16.5 Å². The minimum absolute atomic E-state index is 0. The van der Waals surface area contributed by atoms with Gasteiger partial charge >= 0.3 is 0 Å². The average molecular weight is 628 g/mol. The molecule has 0 aromatic heterocycles. The van der Waals surface area contributed by atoms with Crippen LogP contribution in [0.2, 0.25) is 0 Å². The van der Waals surface area contributed by atoms with E-state index in [0.29, 0.717) is 0 Å². The van der Waals surface area contributed by atoms with Crippen molar-refractivity contribution in [3.63, 3.8) is 0 Å². The van der Waals surface area contributed by atoms with Gasteiger partial charge in [0, 0.05) is 16.5 Å². The van der Waals surface area contributed by atoms with Crippen LogP contribution in [0.25, 0.3) is 12.2 Å². The maximum atomic E-state index is 5.10. The van der Waals surface area contributed by atoms with E-state index in [1.807, 2.05) is 0 Å². The Labute approximate surface area is 275 Å². The first-order valence-corrected chi connectivity index (χ1v) is 17.4. The molecule has 0 spiro atoms. The number of rotatable bonds is 23. The van der Waals surface area contributed by atoms with E-state index in [1.165, 1.54) is 101 Å². The van der Waals surface area contributed by atoms with Gasteiger partial charge in [0.1, 0.15) is 0 Å². The first kappa shape index (κ1) is 38.8. The molecule has 240 valence electrons. The van der Waals surface area contributed by atoms with Crippen LogP contribution in [0, 0.1) is 0 Å². The van der Waals surface area contributed by atoms with Gasteiger partial charge in [0.2, 0.25) is 0 Å². The minimum Gasteiger partial charge on any atom is -0.252 e. The first-order valence-electron chi connectivity index (χ1n) is 17.4. The number of aliphatic imine (C=N–C) groups is 2. The predicted octanol–water partition coefficient (Wildman–Crippen LogP) is 13.7. The maximum Gasteiger partial charge on any atom is 0.0634 e. The topological polar surface area (TPSA) is 24.7 Å². The van der Waals surface area contributed by atoms with Crippen molar-refractivity contribution in [2.24, 2.45) is 9.98 Å². The molecule has 2 rings (SSSR count). The molecule has 0 amide bonds. The van der Waals surface area contributed by atoms with Gasteiger partial charge in [0.05, 0.1) is 22.8 Å². The van der Waals surface area contributed by atoms with Crippen LogP contribution in [0.15, 0.2) is 70.7 Å². The smallest absolute Gasteiger partial charge is 0.0634 e. The van der Waals surface area contributed by atoms with Crippen molar-refractivity contribution in [2.75, 3.05) is 0 Å². The van der Waals surface area contributed by atoms with Crippen LogP contribution < -0.4 is 0 Å². The van der Waals surface area contributed by atoms with Gasteiger partial charge in [0.25, 0.3) is 0 Å². The molecule has 3 heteroatoms. The molecule has 0 saturated carbocycles. The summed E-state index contributed by atoms with van der Waals surface area (Å²) in [6.07, 6.45) is 31.8. The largest absolute Gasteiger partial charge is 0.252 e. The van der Waals surface area contributed by atoms with Crippen molar-refractivity contribution in [1.82, 2.24) is 0 Å². The van der Waals surface area contributed by atoms with Gasteiger partial charge in [-0.25, -0.2) is 0 Å². The molecule has 0 radical (unpaired) electrons. The summed E-state index contributed by atoms with van der Waals surface area (Å²) in [6, 6.07) is 17.3. The number of hydrogen-bond acceptors (Lipinski definition) is 2. The van der Waals surface area contributed by atoms with E-state index in [1.54, 1.807) is 0 Å². The second-order valence-corrected chi connectivity index (χ2v) is 11.7. The summed E-state index contributed by atoms with van der Waals surface area (Å²) >= 11 is 0. The number of allylic oxidation sites excluding steroid dienone is 2. The van der Waals surface area contributed by atoms with Crippen LogP contribution in [-0.2, 0) is 16.5 Å². The van der Waals surface area contributed by atoms with Gasteiger partial charge < -0.3 is 0 Å². The summed E-state index contributed by atoms with van der Waals surface area (Å²) in [5.41, 5.74) is 6.74. The van der Waals surface area contributed by atoms with Crippen LogP contribution in [-0.4, -0.2) is 11.4 Å². The third kappa shape index (κ3) is 18.2. The molecule has 43 heavy (non-hydrogen) atoms. The van der Waals surface area contributed by atoms with Crippen molar-refractivity contribution in [2.45, 2.75) is 143 Å². The van der Waals surface area contributed by atoms with Crippen LogP contribution in [0.3, 0.4) is 0 Å². The second kappa shape index (κ2) is 26.2. The number of nitrogens with zero attached hydrogens (tertiary/aromatic N) is 2. The third-order valence-corrected chi connectivity index (χ3v) is 7.82. The van der Waals surface area contributed by atoms with Gasteiger partial charge in [-0.2, -0.15) is 0 Å². The van der Waals surface area contributed by atoms with Crippen LogP contribution >= 0.6 is 0 Å². The normalized spacial score (nSPS) is 12.4. The molecular weight excluding hydrogens is 567 g/mol. The first-order chi connectivity index (χ1) is 20.7. The monoisotopic (exact) mass is 626 g/mol. The van der Waals surface area contributed by atoms with Gasteiger partial charge in [-0.3, -0.25) is 9.98 Å². The van der Waals surface area contributed by atoms with E-state index in [0.717, 1.165) is 48.5 Å². The molecule has 2 aromatic rings. The zero-order chi connectivity index (χ0) is 30.1. The fraction of sp³-hybridized carbons (Fsp3) is 0.550. The van der Waals surface area contributed by atoms with E-state index < -0.39 is 0 Å². The zero-order valence-electron chi connectivity index (χ0n) is 27.9. The zero-order valence-corrected chi connectivity index (χ0v) is 28.9. The fourth-order valence-corrected chi connectivity index (χ4v) is 5.11. The van der Waals surface area contributed by atoms with Crippen LogP contribution in [0.1, 0.15) is 154 Å². The second-order valence-electron chi connectivity index (χ2n) is 11.7. The third-order valence-electron chi connectivity index (χ3n) is 7.82. The van der Waals surface area contributed by atoms with Gasteiger partial charge in [-0.05, 0) is 80.3 Å². The van der Waals surface area contributed by atoms with Crippen LogP contribution in [0.5, 0.6) is 0 Å². The van der Waals surface area contributed by atoms with Gasteiger partial charge in [-0.15, -0.1) is 0 Å². The minimum atomic E-state index is 0. The summed E-state index contributed by atoms with van der Waals surface area (Å²) < 4.78 is 0. The molecule has 0 N–H and O–H groups in total. The molecule has 0 heterocycles. The van der Waals surface area contributed by atoms with E-state index in [4.69, 9.17) is 9.98 Å². The average Bonchev–Trinajstić information content (AvgIpc) is 3.02. The Morgan fingerprint density at radius 1 is 0.488 bits per heavy atom. The fourth-order valence-electron chi connectivity index (χ4n) is 5.11.